The van der Waals surface area contributed by atoms with Crippen LogP contribution in [0.2, 0.25) is 0 Å². The van der Waals surface area contributed by atoms with Crippen LogP contribution in [0, 0.1) is 6.92 Å². The summed E-state index contributed by atoms with van der Waals surface area (Å²) in [6, 6.07) is 14.0. The molecule has 7 nitrogen and oxygen atoms in total. The van der Waals surface area contributed by atoms with Crippen molar-refractivity contribution in [2.24, 2.45) is 0 Å². The number of ether oxygens (including phenoxy) is 1. The fourth-order valence-electron chi connectivity index (χ4n) is 3.03. The standard InChI is InChI=1S/C19H17N3O4S2/c1-3-26-15-10-6-4-8-13(15)21-28(24,25)17-12(2)20-19-22(18(17)23)14-9-5-7-11-16(14)27-19/h4-11,21H,3H2,1-2H3. The minimum Gasteiger partial charge on any atom is -0.492 e. The fraction of sp³-hybridized carbons (Fsp3) is 0.158. The molecule has 144 valence electrons. The van der Waals surface area contributed by atoms with Gasteiger partial charge in [-0.2, -0.15) is 0 Å². The van der Waals surface area contributed by atoms with Crippen molar-refractivity contribution in [1.82, 2.24) is 9.38 Å². The third-order valence-corrected chi connectivity index (χ3v) is 6.71. The highest BCUT2D eigenvalue weighted by atomic mass is 32.2. The molecule has 28 heavy (non-hydrogen) atoms. The Balaban J connectivity index is 1.91. The number of rotatable bonds is 5. The summed E-state index contributed by atoms with van der Waals surface area (Å²) in [5.74, 6) is 0.390. The third kappa shape index (κ3) is 3.02. The van der Waals surface area contributed by atoms with E-state index in [1.807, 2.05) is 12.1 Å². The van der Waals surface area contributed by atoms with Crippen molar-refractivity contribution >= 4 is 42.2 Å². The lowest BCUT2D eigenvalue weighted by Crippen LogP contribution is -2.27. The number of fused-ring (bicyclic) bond motifs is 3. The molecule has 2 aromatic heterocycles. The van der Waals surface area contributed by atoms with Crippen LogP contribution in [-0.4, -0.2) is 24.4 Å². The van der Waals surface area contributed by atoms with Gasteiger partial charge in [-0.15, -0.1) is 0 Å². The molecule has 0 saturated carbocycles. The van der Waals surface area contributed by atoms with Crippen LogP contribution in [0.25, 0.3) is 15.2 Å². The molecule has 0 unspecified atom stereocenters. The highest BCUT2D eigenvalue weighted by Crippen LogP contribution is 2.28. The molecule has 4 rings (SSSR count). The molecule has 0 fully saturated rings. The fourth-order valence-corrected chi connectivity index (χ4v) is 5.41. The van der Waals surface area contributed by atoms with Crippen molar-refractivity contribution in [3.8, 4) is 5.75 Å². The zero-order valence-corrected chi connectivity index (χ0v) is 16.8. The van der Waals surface area contributed by atoms with E-state index in [-0.39, 0.29) is 16.3 Å². The van der Waals surface area contributed by atoms with Crippen LogP contribution in [0.15, 0.2) is 58.2 Å². The maximum atomic E-state index is 13.2. The SMILES string of the molecule is CCOc1ccccc1NS(=O)(=O)c1c(C)nc2sc3ccccc3n2c1=O. The van der Waals surface area contributed by atoms with Crippen LogP contribution in [0.4, 0.5) is 5.69 Å². The summed E-state index contributed by atoms with van der Waals surface area (Å²) in [6.07, 6.45) is 0. The molecule has 0 amide bonds. The Bertz CT molecular complexity index is 1360. The summed E-state index contributed by atoms with van der Waals surface area (Å²) in [5.41, 5.74) is 0.425. The number of thiazole rings is 1. The average molecular weight is 415 g/mol. The van der Waals surface area contributed by atoms with Gasteiger partial charge in [-0.3, -0.25) is 9.52 Å². The van der Waals surface area contributed by atoms with Gasteiger partial charge in [0.2, 0.25) is 0 Å². The molecule has 0 aliphatic rings. The highest BCUT2D eigenvalue weighted by molar-refractivity contribution is 7.92. The predicted octanol–water partition coefficient (Wildman–Crippen LogP) is 3.42. The first-order valence-corrected chi connectivity index (χ1v) is 10.9. The molecule has 0 radical (unpaired) electrons. The van der Waals surface area contributed by atoms with Gasteiger partial charge in [-0.25, -0.2) is 17.8 Å². The second kappa shape index (κ2) is 6.92. The molecular formula is C19H17N3O4S2. The van der Waals surface area contributed by atoms with Gasteiger partial charge >= 0.3 is 0 Å². The molecule has 9 heteroatoms. The zero-order valence-electron chi connectivity index (χ0n) is 15.2. The van der Waals surface area contributed by atoms with Gasteiger partial charge in [-0.1, -0.05) is 35.6 Å². The number of benzene rings is 2. The van der Waals surface area contributed by atoms with E-state index in [9.17, 15) is 13.2 Å². The number of sulfonamides is 1. The number of hydrogen-bond acceptors (Lipinski definition) is 6. The lowest BCUT2D eigenvalue weighted by molar-refractivity contribution is 0.342. The number of aromatic nitrogens is 2. The number of nitrogens with one attached hydrogen (secondary N) is 1. The lowest BCUT2D eigenvalue weighted by Gasteiger charge is -2.13. The van der Waals surface area contributed by atoms with Crippen molar-refractivity contribution in [2.45, 2.75) is 18.7 Å². The first-order chi connectivity index (χ1) is 13.4. The summed E-state index contributed by atoms with van der Waals surface area (Å²) >= 11 is 1.34. The maximum absolute atomic E-state index is 13.2. The third-order valence-electron chi connectivity index (χ3n) is 4.19. The van der Waals surface area contributed by atoms with E-state index in [2.05, 4.69) is 9.71 Å². The van der Waals surface area contributed by atoms with Gasteiger partial charge in [0, 0.05) is 0 Å². The van der Waals surface area contributed by atoms with Gasteiger partial charge in [-0.05, 0) is 38.1 Å². The van der Waals surface area contributed by atoms with E-state index in [1.165, 1.54) is 22.7 Å². The molecular weight excluding hydrogens is 398 g/mol. The van der Waals surface area contributed by atoms with E-state index in [1.54, 1.807) is 43.3 Å². The summed E-state index contributed by atoms with van der Waals surface area (Å²) in [6.45, 7) is 3.71. The highest BCUT2D eigenvalue weighted by Gasteiger charge is 2.26. The Kier molecular flexibility index (Phi) is 4.56. The van der Waals surface area contributed by atoms with Crippen LogP contribution >= 0.6 is 11.3 Å². The number of anilines is 1. The molecule has 0 spiro atoms. The molecule has 0 saturated heterocycles. The second-order valence-corrected chi connectivity index (χ2v) is 8.68. The molecule has 0 atom stereocenters. The number of para-hydroxylation sites is 3. The number of nitrogens with zero attached hydrogens (tertiary/aromatic N) is 2. The molecule has 2 aromatic carbocycles. The van der Waals surface area contributed by atoms with Crippen molar-refractivity contribution in [2.75, 3.05) is 11.3 Å². The molecule has 1 N–H and O–H groups in total. The average Bonchev–Trinajstić information content (AvgIpc) is 3.01. The number of aryl methyl sites for hydroxylation is 1. The molecule has 4 aromatic rings. The molecule has 2 heterocycles. The zero-order chi connectivity index (χ0) is 19.9. The normalized spacial score (nSPS) is 11.8. The monoisotopic (exact) mass is 415 g/mol. The smallest absolute Gasteiger partial charge is 0.280 e. The molecule has 0 aliphatic carbocycles. The van der Waals surface area contributed by atoms with E-state index in [4.69, 9.17) is 4.74 Å². The van der Waals surface area contributed by atoms with E-state index < -0.39 is 15.6 Å². The van der Waals surface area contributed by atoms with E-state index in [0.29, 0.717) is 22.8 Å². The Morgan fingerprint density at radius 3 is 2.64 bits per heavy atom. The molecule has 0 aliphatic heterocycles. The van der Waals surface area contributed by atoms with Crippen LogP contribution < -0.4 is 15.0 Å². The van der Waals surface area contributed by atoms with Crippen molar-refractivity contribution in [3.63, 3.8) is 0 Å². The number of hydrogen-bond donors (Lipinski definition) is 1. The van der Waals surface area contributed by atoms with Crippen LogP contribution in [0.3, 0.4) is 0 Å². The summed E-state index contributed by atoms with van der Waals surface area (Å²) in [4.78, 5) is 17.6. The van der Waals surface area contributed by atoms with Gasteiger partial charge in [0.1, 0.15) is 5.75 Å². The second-order valence-electron chi connectivity index (χ2n) is 6.05. The predicted molar refractivity (Wildman–Crippen MR) is 110 cm³/mol. The van der Waals surface area contributed by atoms with Crippen LogP contribution in [0.5, 0.6) is 5.75 Å². The topological polar surface area (TPSA) is 89.8 Å². The van der Waals surface area contributed by atoms with E-state index in [0.717, 1.165) is 4.70 Å². The van der Waals surface area contributed by atoms with Crippen molar-refractivity contribution < 1.29 is 13.2 Å². The van der Waals surface area contributed by atoms with Gasteiger partial charge < -0.3 is 4.74 Å². The Labute approximate surface area is 165 Å². The Morgan fingerprint density at radius 1 is 1.14 bits per heavy atom. The largest absolute Gasteiger partial charge is 0.492 e. The van der Waals surface area contributed by atoms with Crippen molar-refractivity contribution in [3.05, 3.63) is 64.6 Å². The van der Waals surface area contributed by atoms with Gasteiger partial charge in [0.15, 0.2) is 9.86 Å². The first-order valence-electron chi connectivity index (χ1n) is 8.58. The summed E-state index contributed by atoms with van der Waals surface area (Å²) in [5, 5.41) is 0. The van der Waals surface area contributed by atoms with E-state index >= 15 is 0 Å². The minimum atomic E-state index is -4.17. The Morgan fingerprint density at radius 2 is 1.86 bits per heavy atom. The first kappa shape index (κ1) is 18.5. The minimum absolute atomic E-state index is 0.151. The quantitative estimate of drug-likeness (QED) is 0.539. The van der Waals surface area contributed by atoms with Crippen molar-refractivity contribution in [1.29, 1.82) is 0 Å². The lowest BCUT2D eigenvalue weighted by atomic mass is 10.3. The maximum Gasteiger partial charge on any atom is 0.280 e. The van der Waals surface area contributed by atoms with Gasteiger partial charge in [0.05, 0.1) is 28.2 Å². The van der Waals surface area contributed by atoms with Gasteiger partial charge in [0.25, 0.3) is 15.6 Å². The molecule has 0 bridgehead atoms. The van der Waals surface area contributed by atoms with Crippen LogP contribution in [0.1, 0.15) is 12.6 Å². The van der Waals surface area contributed by atoms with Crippen LogP contribution in [-0.2, 0) is 10.0 Å². The Hall–Kier alpha value is -2.91. The summed E-state index contributed by atoms with van der Waals surface area (Å²) < 4.78 is 36.3. The summed E-state index contributed by atoms with van der Waals surface area (Å²) in [7, 11) is -4.17.